The first-order valence-corrected chi connectivity index (χ1v) is 4.77. The Kier molecular flexibility index (Phi) is 2.10. The van der Waals surface area contributed by atoms with Gasteiger partial charge in [0.15, 0.2) is 0 Å². The molecule has 0 heterocycles. The van der Waals surface area contributed by atoms with Crippen molar-refractivity contribution in [3.05, 3.63) is 12.2 Å². The van der Waals surface area contributed by atoms with Crippen LogP contribution in [0, 0.1) is 17.2 Å². The first-order valence-electron chi connectivity index (χ1n) is 4.77. The van der Waals surface area contributed by atoms with E-state index < -0.39 is 5.60 Å². The van der Waals surface area contributed by atoms with Crippen LogP contribution >= 0.6 is 0 Å². The molecule has 0 aromatic rings. The molecular weight excluding hydrogens is 164 g/mol. The Morgan fingerprint density at radius 1 is 1.69 bits per heavy atom. The van der Waals surface area contributed by atoms with Crippen LogP contribution in [0.4, 0.5) is 0 Å². The van der Waals surface area contributed by atoms with Crippen LogP contribution in [0.1, 0.15) is 19.3 Å². The third-order valence-corrected chi connectivity index (χ3v) is 3.14. The van der Waals surface area contributed by atoms with Gasteiger partial charge in [0.1, 0.15) is 0 Å². The molecule has 3 rings (SSSR count). The smallest absolute Gasteiger partial charge is 0.0980 e. The van der Waals surface area contributed by atoms with Crippen LogP contribution in [0.2, 0.25) is 0 Å². The summed E-state index contributed by atoms with van der Waals surface area (Å²) in [6, 6.07) is 2.12. The molecule has 0 amide bonds. The van der Waals surface area contributed by atoms with Gasteiger partial charge in [0.05, 0.1) is 18.2 Å². The van der Waals surface area contributed by atoms with E-state index in [-0.39, 0.29) is 6.04 Å². The molecule has 0 saturated heterocycles. The van der Waals surface area contributed by atoms with Crippen LogP contribution in [-0.4, -0.2) is 23.3 Å². The van der Waals surface area contributed by atoms with Crippen molar-refractivity contribution >= 4 is 0 Å². The van der Waals surface area contributed by atoms with Crippen LogP contribution < -0.4 is 5.32 Å². The van der Waals surface area contributed by atoms with Crippen LogP contribution in [-0.2, 0) is 0 Å². The number of fused-ring (bicyclic) bond motifs is 2. The molecular formula is C10H14N2O. The maximum atomic E-state index is 10.1. The highest BCUT2D eigenvalue weighted by Gasteiger charge is 2.42. The first-order chi connectivity index (χ1) is 6.24. The average molecular weight is 178 g/mol. The van der Waals surface area contributed by atoms with Crippen molar-refractivity contribution in [1.82, 2.24) is 5.32 Å². The van der Waals surface area contributed by atoms with E-state index in [9.17, 15) is 5.11 Å². The van der Waals surface area contributed by atoms with Gasteiger partial charge >= 0.3 is 0 Å². The third-order valence-electron chi connectivity index (χ3n) is 3.14. The van der Waals surface area contributed by atoms with Crippen molar-refractivity contribution in [3.8, 4) is 6.07 Å². The van der Waals surface area contributed by atoms with Gasteiger partial charge in [0.2, 0.25) is 0 Å². The average Bonchev–Trinajstić information content (AvgIpc) is 2.16. The van der Waals surface area contributed by atoms with Crippen molar-refractivity contribution in [2.24, 2.45) is 5.92 Å². The van der Waals surface area contributed by atoms with Gasteiger partial charge in [0.25, 0.3) is 0 Å². The topological polar surface area (TPSA) is 56.0 Å². The summed E-state index contributed by atoms with van der Waals surface area (Å²) in [5.41, 5.74) is -0.689. The lowest BCUT2D eigenvalue weighted by Gasteiger charge is -2.44. The van der Waals surface area contributed by atoms with Crippen LogP contribution in [0.25, 0.3) is 0 Å². The molecule has 3 aliphatic carbocycles. The molecule has 13 heavy (non-hydrogen) atoms. The minimum absolute atomic E-state index is 0.0795. The quantitative estimate of drug-likeness (QED) is 0.480. The van der Waals surface area contributed by atoms with Crippen molar-refractivity contribution < 1.29 is 5.11 Å². The van der Waals surface area contributed by atoms with E-state index in [1.807, 2.05) is 12.1 Å². The van der Waals surface area contributed by atoms with E-state index in [4.69, 9.17) is 5.26 Å². The van der Waals surface area contributed by atoms with E-state index in [1.54, 1.807) is 0 Å². The molecule has 70 valence electrons. The third kappa shape index (κ3) is 1.48. The zero-order valence-electron chi connectivity index (χ0n) is 7.53. The summed E-state index contributed by atoms with van der Waals surface area (Å²) >= 11 is 0. The summed E-state index contributed by atoms with van der Waals surface area (Å²) < 4.78 is 0. The van der Waals surface area contributed by atoms with E-state index >= 15 is 0 Å². The number of hydrogen-bond acceptors (Lipinski definition) is 3. The van der Waals surface area contributed by atoms with E-state index in [0.717, 1.165) is 19.3 Å². The maximum Gasteiger partial charge on any atom is 0.0980 e. The Bertz CT molecular complexity index is 269. The molecule has 0 aliphatic heterocycles. The van der Waals surface area contributed by atoms with Crippen molar-refractivity contribution in [2.75, 3.05) is 6.54 Å². The van der Waals surface area contributed by atoms with Gasteiger partial charge in [-0.15, -0.1) is 0 Å². The van der Waals surface area contributed by atoms with Gasteiger partial charge < -0.3 is 5.11 Å². The van der Waals surface area contributed by atoms with Crippen LogP contribution in [0.3, 0.4) is 0 Å². The Balaban J connectivity index is 2.07. The second kappa shape index (κ2) is 3.13. The van der Waals surface area contributed by atoms with Crippen molar-refractivity contribution in [3.63, 3.8) is 0 Å². The fourth-order valence-electron chi connectivity index (χ4n) is 2.32. The number of allylic oxidation sites excluding steroid dienone is 1. The number of nitrogens with one attached hydrogen (secondary N) is 1. The summed E-state index contributed by atoms with van der Waals surface area (Å²) in [5.74, 6) is 0.602. The fourth-order valence-corrected chi connectivity index (χ4v) is 2.32. The molecule has 0 spiro atoms. The molecule has 0 radical (unpaired) electrons. The Labute approximate surface area is 78.1 Å². The summed E-state index contributed by atoms with van der Waals surface area (Å²) in [5, 5.41) is 21.7. The number of aliphatic hydroxyl groups is 1. The molecule has 2 bridgehead atoms. The zero-order valence-corrected chi connectivity index (χ0v) is 7.53. The van der Waals surface area contributed by atoms with Gasteiger partial charge in [-0.1, -0.05) is 12.2 Å². The standard InChI is InChI=1S/C10H14N2O/c11-5-6-12-9-7-8-1-3-10(9,13)4-2-8/h1,3,8-9,12-13H,2,4,6-7H2/t8-,9+,10-/m1/s1. The van der Waals surface area contributed by atoms with Gasteiger partial charge in [0, 0.05) is 6.04 Å². The highest BCUT2D eigenvalue weighted by molar-refractivity contribution is 5.18. The molecule has 3 nitrogen and oxygen atoms in total. The molecule has 0 unspecified atom stereocenters. The normalized spacial score (nSPS) is 41.8. The second-order valence-electron chi connectivity index (χ2n) is 3.98. The SMILES string of the molecule is N#CCN[C@H]1C[C@@H]2C=C[C@@]1(O)CC2. The minimum Gasteiger partial charge on any atom is -0.384 e. The minimum atomic E-state index is -0.689. The molecule has 0 aromatic heterocycles. The molecule has 3 atom stereocenters. The fraction of sp³-hybridized carbons (Fsp3) is 0.700. The molecule has 3 aliphatic rings. The van der Waals surface area contributed by atoms with Crippen molar-refractivity contribution in [1.29, 1.82) is 5.26 Å². The van der Waals surface area contributed by atoms with Gasteiger partial charge in [-0.3, -0.25) is 5.32 Å². The maximum absolute atomic E-state index is 10.1. The molecule has 2 N–H and O–H groups in total. The van der Waals surface area contributed by atoms with E-state index in [1.165, 1.54) is 0 Å². The van der Waals surface area contributed by atoms with E-state index in [0.29, 0.717) is 12.5 Å². The number of nitrogens with zero attached hydrogens (tertiary/aromatic N) is 1. The summed E-state index contributed by atoms with van der Waals surface area (Å²) in [6.07, 6.45) is 6.89. The highest BCUT2D eigenvalue weighted by atomic mass is 16.3. The second-order valence-corrected chi connectivity index (χ2v) is 3.98. The lowest BCUT2D eigenvalue weighted by molar-refractivity contribution is -0.00239. The summed E-state index contributed by atoms with van der Waals surface area (Å²) in [4.78, 5) is 0. The largest absolute Gasteiger partial charge is 0.384 e. The van der Waals surface area contributed by atoms with Gasteiger partial charge in [-0.05, 0) is 25.2 Å². The predicted molar refractivity (Wildman–Crippen MR) is 48.8 cm³/mol. The van der Waals surface area contributed by atoms with Gasteiger partial charge in [-0.25, -0.2) is 0 Å². The number of hydrogen-bond donors (Lipinski definition) is 2. The van der Waals surface area contributed by atoms with Gasteiger partial charge in [-0.2, -0.15) is 5.26 Å². The predicted octanol–water partition coefficient (Wildman–Crippen LogP) is 0.569. The number of rotatable bonds is 2. The highest BCUT2D eigenvalue weighted by Crippen LogP contribution is 2.39. The van der Waals surface area contributed by atoms with E-state index in [2.05, 4.69) is 11.4 Å². The summed E-state index contributed by atoms with van der Waals surface area (Å²) in [7, 11) is 0. The Morgan fingerprint density at radius 3 is 3.08 bits per heavy atom. The lowest BCUT2D eigenvalue weighted by atomic mass is 9.70. The Morgan fingerprint density at radius 2 is 2.54 bits per heavy atom. The molecule has 1 saturated carbocycles. The lowest BCUT2D eigenvalue weighted by Crippen LogP contribution is -2.55. The molecule has 1 fully saturated rings. The molecule has 0 aromatic carbocycles. The number of nitriles is 1. The monoisotopic (exact) mass is 178 g/mol. The van der Waals surface area contributed by atoms with Crippen molar-refractivity contribution in [2.45, 2.75) is 30.9 Å². The molecule has 3 heteroatoms. The first kappa shape index (κ1) is 8.74. The Hall–Kier alpha value is -0.850. The van der Waals surface area contributed by atoms with Crippen LogP contribution in [0.15, 0.2) is 12.2 Å². The van der Waals surface area contributed by atoms with Crippen LogP contribution in [0.5, 0.6) is 0 Å². The zero-order chi connectivity index (χ0) is 9.31. The summed E-state index contributed by atoms with van der Waals surface area (Å²) in [6.45, 7) is 0.327.